The molecule has 1 N–H and O–H groups in total. The molecule has 3 heteroatoms. The minimum Gasteiger partial charge on any atom is -0.470 e. The monoisotopic (exact) mass is 132 g/mol. The average molecular weight is 132 g/mol. The van der Waals surface area contributed by atoms with E-state index in [9.17, 15) is 0 Å². The topological polar surface area (TPSA) is 38.7 Å². The largest absolute Gasteiger partial charge is 0.470 e. The lowest BCUT2D eigenvalue weighted by molar-refractivity contribution is -0.110. The third kappa shape index (κ3) is 4.00. The lowest BCUT2D eigenvalue weighted by atomic mass is 10.7. The second kappa shape index (κ2) is 5.59. The van der Waals surface area contributed by atoms with E-state index in [0.29, 0.717) is 0 Å². The van der Waals surface area contributed by atoms with Gasteiger partial charge in [0, 0.05) is 7.11 Å². The van der Waals surface area contributed by atoms with E-state index in [0.717, 1.165) is 0 Å². The minimum atomic E-state index is -0.527. The molecule has 0 aromatic heterocycles. The third-order valence-corrected chi connectivity index (χ3v) is 0.778. The number of hydrogen-bond acceptors (Lipinski definition) is 3. The number of ether oxygens (including phenoxy) is 2. The minimum absolute atomic E-state index is 0.124. The Balaban J connectivity index is 3.31. The summed E-state index contributed by atoms with van der Waals surface area (Å²) < 4.78 is 9.51. The number of aliphatic hydroxyl groups excluding tert-OH is 1. The van der Waals surface area contributed by atoms with Gasteiger partial charge in [-0.15, -0.1) is 0 Å². The smallest absolute Gasteiger partial charge is 0.222 e. The molecule has 9 heavy (non-hydrogen) atoms. The van der Waals surface area contributed by atoms with E-state index in [1.807, 2.05) is 6.92 Å². The lowest BCUT2D eigenvalue weighted by Gasteiger charge is -2.10. The van der Waals surface area contributed by atoms with Gasteiger partial charge in [-0.1, -0.05) is 6.08 Å². The van der Waals surface area contributed by atoms with Gasteiger partial charge < -0.3 is 14.6 Å². The molecule has 0 saturated heterocycles. The fourth-order valence-corrected chi connectivity index (χ4v) is 0.339. The van der Waals surface area contributed by atoms with Crippen LogP contribution in [-0.2, 0) is 9.47 Å². The average Bonchev–Trinajstić information content (AvgIpc) is 1.91. The van der Waals surface area contributed by atoms with Crippen LogP contribution in [0.1, 0.15) is 6.92 Å². The Morgan fingerprint density at radius 3 is 2.67 bits per heavy atom. The molecule has 0 radical (unpaired) electrons. The quantitative estimate of drug-likeness (QED) is 0.447. The standard InChI is InChI=1S/C6H12O3/c1-3-4-9-6(5-7)8-2/h3-4,6-7H,5H2,1-2H3. The zero-order valence-corrected chi connectivity index (χ0v) is 5.70. The van der Waals surface area contributed by atoms with Crippen LogP contribution in [0.2, 0.25) is 0 Å². The molecule has 0 amide bonds. The molecule has 0 saturated carbocycles. The molecule has 0 bridgehead atoms. The van der Waals surface area contributed by atoms with Crippen molar-refractivity contribution in [2.75, 3.05) is 13.7 Å². The molecule has 1 unspecified atom stereocenters. The number of allylic oxidation sites excluding steroid dienone is 1. The van der Waals surface area contributed by atoms with E-state index in [-0.39, 0.29) is 6.61 Å². The summed E-state index contributed by atoms with van der Waals surface area (Å²) in [5.41, 5.74) is 0. The normalized spacial score (nSPS) is 14.1. The first-order valence-electron chi connectivity index (χ1n) is 2.75. The van der Waals surface area contributed by atoms with Crippen LogP contribution < -0.4 is 0 Å². The highest BCUT2D eigenvalue weighted by Crippen LogP contribution is 1.90. The van der Waals surface area contributed by atoms with Crippen molar-refractivity contribution in [1.29, 1.82) is 0 Å². The number of aliphatic hydroxyl groups is 1. The Kier molecular flexibility index (Phi) is 5.26. The van der Waals surface area contributed by atoms with Crippen molar-refractivity contribution in [3.8, 4) is 0 Å². The van der Waals surface area contributed by atoms with Crippen LogP contribution in [0.3, 0.4) is 0 Å². The van der Waals surface area contributed by atoms with E-state index < -0.39 is 6.29 Å². The highest BCUT2D eigenvalue weighted by atomic mass is 16.7. The maximum atomic E-state index is 8.47. The molecule has 0 rings (SSSR count). The summed E-state index contributed by atoms with van der Waals surface area (Å²) in [6.07, 6.45) is 2.67. The number of hydrogen-bond donors (Lipinski definition) is 1. The van der Waals surface area contributed by atoms with Crippen LogP contribution in [-0.4, -0.2) is 25.1 Å². The fourth-order valence-electron chi connectivity index (χ4n) is 0.339. The van der Waals surface area contributed by atoms with E-state index in [1.165, 1.54) is 13.4 Å². The molecule has 0 spiro atoms. The first-order chi connectivity index (χ1) is 4.35. The van der Waals surface area contributed by atoms with Crippen LogP contribution in [0.15, 0.2) is 12.3 Å². The Labute approximate surface area is 54.9 Å². The van der Waals surface area contributed by atoms with Crippen LogP contribution in [0.5, 0.6) is 0 Å². The van der Waals surface area contributed by atoms with E-state index in [4.69, 9.17) is 9.84 Å². The second-order valence-electron chi connectivity index (χ2n) is 1.45. The fraction of sp³-hybridized carbons (Fsp3) is 0.667. The van der Waals surface area contributed by atoms with Gasteiger partial charge in [0.2, 0.25) is 6.29 Å². The first kappa shape index (κ1) is 8.46. The molecule has 0 aliphatic heterocycles. The predicted octanol–water partition coefficient (Wildman–Crippen LogP) is 0.501. The van der Waals surface area contributed by atoms with Crippen molar-refractivity contribution in [3.05, 3.63) is 12.3 Å². The van der Waals surface area contributed by atoms with Gasteiger partial charge in [0.15, 0.2) is 0 Å². The van der Waals surface area contributed by atoms with Gasteiger partial charge in [0.05, 0.1) is 6.26 Å². The van der Waals surface area contributed by atoms with E-state index >= 15 is 0 Å². The molecule has 0 heterocycles. The first-order valence-corrected chi connectivity index (χ1v) is 2.75. The molecular formula is C6H12O3. The second-order valence-corrected chi connectivity index (χ2v) is 1.45. The van der Waals surface area contributed by atoms with Gasteiger partial charge in [0.1, 0.15) is 6.61 Å². The summed E-state index contributed by atoms with van der Waals surface area (Å²) in [5, 5.41) is 8.47. The number of rotatable bonds is 4. The van der Waals surface area contributed by atoms with Gasteiger partial charge in [-0.05, 0) is 6.92 Å². The molecule has 1 atom stereocenters. The summed E-state index contributed by atoms with van der Waals surface area (Å²) in [5.74, 6) is 0. The number of methoxy groups -OCH3 is 1. The summed E-state index contributed by atoms with van der Waals surface area (Å²) in [4.78, 5) is 0. The van der Waals surface area contributed by atoms with Gasteiger partial charge in [0.25, 0.3) is 0 Å². The molecule has 0 fully saturated rings. The highest BCUT2D eigenvalue weighted by molar-refractivity contribution is 4.65. The summed E-state index contributed by atoms with van der Waals surface area (Å²) in [6.45, 7) is 1.70. The molecule has 0 aromatic rings. The Bertz CT molecular complexity index is 76.4. The summed E-state index contributed by atoms with van der Waals surface area (Å²) in [7, 11) is 1.48. The van der Waals surface area contributed by atoms with Crippen molar-refractivity contribution < 1.29 is 14.6 Å². The zero-order valence-electron chi connectivity index (χ0n) is 5.70. The maximum absolute atomic E-state index is 8.47. The van der Waals surface area contributed by atoms with Crippen LogP contribution in [0.4, 0.5) is 0 Å². The van der Waals surface area contributed by atoms with Crippen LogP contribution >= 0.6 is 0 Å². The predicted molar refractivity (Wildman–Crippen MR) is 33.8 cm³/mol. The molecule has 3 nitrogen and oxygen atoms in total. The SMILES string of the molecule is CC=COC(CO)OC. The van der Waals surface area contributed by atoms with E-state index in [2.05, 4.69) is 4.74 Å². The summed E-state index contributed by atoms with van der Waals surface area (Å²) in [6, 6.07) is 0. The van der Waals surface area contributed by atoms with Gasteiger partial charge in [-0.2, -0.15) is 0 Å². The highest BCUT2D eigenvalue weighted by Gasteiger charge is 2.00. The van der Waals surface area contributed by atoms with Crippen molar-refractivity contribution in [1.82, 2.24) is 0 Å². The van der Waals surface area contributed by atoms with Crippen LogP contribution in [0, 0.1) is 0 Å². The van der Waals surface area contributed by atoms with Crippen molar-refractivity contribution in [3.63, 3.8) is 0 Å². The van der Waals surface area contributed by atoms with Gasteiger partial charge in [-0.3, -0.25) is 0 Å². The van der Waals surface area contributed by atoms with Crippen LogP contribution in [0.25, 0.3) is 0 Å². The molecule has 0 aromatic carbocycles. The molecule has 54 valence electrons. The summed E-state index contributed by atoms with van der Waals surface area (Å²) >= 11 is 0. The molecule has 0 aliphatic carbocycles. The molecule has 0 aliphatic rings. The zero-order chi connectivity index (χ0) is 7.11. The van der Waals surface area contributed by atoms with Crippen molar-refractivity contribution >= 4 is 0 Å². The third-order valence-electron chi connectivity index (χ3n) is 0.778. The maximum Gasteiger partial charge on any atom is 0.222 e. The van der Waals surface area contributed by atoms with E-state index in [1.54, 1.807) is 6.08 Å². The lowest BCUT2D eigenvalue weighted by Crippen LogP contribution is -2.16. The van der Waals surface area contributed by atoms with Gasteiger partial charge >= 0.3 is 0 Å². The molecular weight excluding hydrogens is 120 g/mol. The van der Waals surface area contributed by atoms with Crippen molar-refractivity contribution in [2.24, 2.45) is 0 Å². The van der Waals surface area contributed by atoms with Crippen molar-refractivity contribution in [2.45, 2.75) is 13.2 Å². The van der Waals surface area contributed by atoms with Gasteiger partial charge in [-0.25, -0.2) is 0 Å². The Hall–Kier alpha value is -0.540. The Morgan fingerprint density at radius 1 is 1.67 bits per heavy atom. The Morgan fingerprint density at radius 2 is 2.33 bits per heavy atom.